The molecule has 1 aliphatic carbocycles. The summed E-state index contributed by atoms with van der Waals surface area (Å²) < 4.78 is 2.31. The van der Waals surface area contributed by atoms with E-state index in [9.17, 15) is 0 Å². The summed E-state index contributed by atoms with van der Waals surface area (Å²) in [4.78, 5) is 4.82. The van der Waals surface area contributed by atoms with Crippen molar-refractivity contribution >= 4 is 0 Å². The van der Waals surface area contributed by atoms with E-state index in [4.69, 9.17) is 4.98 Å². The molecule has 0 saturated carbocycles. The lowest BCUT2D eigenvalue weighted by Crippen LogP contribution is -2.36. The van der Waals surface area contributed by atoms with Gasteiger partial charge in [0.05, 0.1) is 12.0 Å². The number of aromatic nitrogens is 2. The number of benzene rings is 2. The Labute approximate surface area is 131 Å². The Morgan fingerprint density at radius 3 is 2.55 bits per heavy atom. The lowest BCUT2D eigenvalue weighted by molar-refractivity contribution is -0.667. The van der Waals surface area contributed by atoms with Gasteiger partial charge in [0.1, 0.15) is 18.9 Å². The van der Waals surface area contributed by atoms with Crippen LogP contribution in [0.3, 0.4) is 0 Å². The fourth-order valence-electron chi connectivity index (χ4n) is 3.51. The normalized spacial score (nSPS) is 12.1. The molecule has 0 bridgehead atoms. The van der Waals surface area contributed by atoms with Crippen LogP contribution in [0.5, 0.6) is 0 Å². The Morgan fingerprint density at radius 1 is 0.955 bits per heavy atom. The standard InChI is InChI=1S/C20H19N2/c1-13-7-4-5-10-16(13)18-12-21-20-17(22(18)3)11-15-9-6-8-14(2)19(15)20/h4-10,12H,11H2,1-3H3/q+1. The highest BCUT2D eigenvalue weighted by molar-refractivity contribution is 5.75. The van der Waals surface area contributed by atoms with Gasteiger partial charge in [0.15, 0.2) is 0 Å². The highest BCUT2D eigenvalue weighted by atomic mass is 15.0. The molecule has 0 fully saturated rings. The molecule has 2 nitrogen and oxygen atoms in total. The third-order valence-electron chi connectivity index (χ3n) is 4.73. The van der Waals surface area contributed by atoms with Crippen molar-refractivity contribution in [2.75, 3.05) is 0 Å². The smallest absolute Gasteiger partial charge is 0.231 e. The topological polar surface area (TPSA) is 16.8 Å². The zero-order valence-electron chi connectivity index (χ0n) is 13.2. The van der Waals surface area contributed by atoms with Gasteiger partial charge >= 0.3 is 0 Å². The molecular formula is C20H19N2+. The molecule has 0 amide bonds. The summed E-state index contributed by atoms with van der Waals surface area (Å²) in [7, 11) is 2.16. The summed E-state index contributed by atoms with van der Waals surface area (Å²) in [5.41, 5.74) is 10.2. The van der Waals surface area contributed by atoms with Crippen molar-refractivity contribution < 1.29 is 4.57 Å². The summed E-state index contributed by atoms with van der Waals surface area (Å²) in [6.45, 7) is 4.33. The van der Waals surface area contributed by atoms with Gasteiger partial charge in [0, 0.05) is 5.56 Å². The van der Waals surface area contributed by atoms with E-state index in [-0.39, 0.29) is 0 Å². The number of hydrogen-bond acceptors (Lipinski definition) is 1. The van der Waals surface area contributed by atoms with Gasteiger partial charge in [-0.25, -0.2) is 4.98 Å². The summed E-state index contributed by atoms with van der Waals surface area (Å²) in [6, 6.07) is 15.0. The van der Waals surface area contributed by atoms with Crippen LogP contribution in [-0.2, 0) is 13.5 Å². The van der Waals surface area contributed by atoms with E-state index in [0.29, 0.717) is 0 Å². The minimum absolute atomic E-state index is 0.968. The summed E-state index contributed by atoms with van der Waals surface area (Å²) in [6.07, 6.45) is 2.98. The monoisotopic (exact) mass is 287 g/mol. The number of rotatable bonds is 1. The van der Waals surface area contributed by atoms with Crippen molar-refractivity contribution in [1.29, 1.82) is 0 Å². The molecule has 0 unspecified atom stereocenters. The maximum absolute atomic E-state index is 4.82. The quantitative estimate of drug-likeness (QED) is 0.487. The average Bonchev–Trinajstić information content (AvgIpc) is 2.90. The molecule has 0 spiro atoms. The van der Waals surface area contributed by atoms with Gasteiger partial charge in [-0.1, -0.05) is 36.4 Å². The Kier molecular flexibility index (Phi) is 2.86. The molecule has 22 heavy (non-hydrogen) atoms. The van der Waals surface area contributed by atoms with Crippen LogP contribution in [0.4, 0.5) is 0 Å². The molecule has 2 aromatic carbocycles. The van der Waals surface area contributed by atoms with Gasteiger partial charge in [-0.3, -0.25) is 0 Å². The molecular weight excluding hydrogens is 268 g/mol. The fourth-order valence-corrected chi connectivity index (χ4v) is 3.51. The van der Waals surface area contributed by atoms with Gasteiger partial charge in [-0.05, 0) is 36.6 Å². The van der Waals surface area contributed by atoms with E-state index in [1.807, 2.05) is 6.20 Å². The molecule has 0 atom stereocenters. The summed E-state index contributed by atoms with van der Waals surface area (Å²) in [5, 5.41) is 0. The second kappa shape index (κ2) is 4.77. The molecule has 1 aliphatic rings. The fraction of sp³-hybridized carbons (Fsp3) is 0.200. The third kappa shape index (κ3) is 1.80. The highest BCUT2D eigenvalue weighted by Gasteiger charge is 2.30. The van der Waals surface area contributed by atoms with Gasteiger partial charge in [0.2, 0.25) is 11.4 Å². The second-order valence-corrected chi connectivity index (χ2v) is 6.10. The zero-order chi connectivity index (χ0) is 15.3. The first-order chi connectivity index (χ1) is 10.7. The maximum atomic E-state index is 4.82. The first-order valence-electron chi connectivity index (χ1n) is 7.69. The molecule has 4 rings (SSSR count). The van der Waals surface area contributed by atoms with Crippen molar-refractivity contribution in [2.45, 2.75) is 20.3 Å². The van der Waals surface area contributed by atoms with Gasteiger partial charge < -0.3 is 0 Å². The molecule has 0 radical (unpaired) electrons. The lowest BCUT2D eigenvalue weighted by atomic mass is 10.0. The average molecular weight is 287 g/mol. The molecule has 0 aliphatic heterocycles. The maximum Gasteiger partial charge on any atom is 0.231 e. The number of aryl methyl sites for hydroxylation is 2. The Hall–Kier alpha value is -2.48. The summed E-state index contributed by atoms with van der Waals surface area (Å²) in [5.74, 6) is 0. The predicted octanol–water partition coefficient (Wildman–Crippen LogP) is 3.76. The lowest BCUT2D eigenvalue weighted by Gasteiger charge is -2.07. The van der Waals surface area contributed by atoms with E-state index < -0.39 is 0 Å². The Bertz CT molecular complexity index is 894. The first kappa shape index (κ1) is 13.2. The summed E-state index contributed by atoms with van der Waals surface area (Å²) >= 11 is 0. The number of fused-ring (bicyclic) bond motifs is 3. The van der Waals surface area contributed by atoms with Crippen molar-refractivity contribution in [3.05, 3.63) is 71.0 Å². The van der Waals surface area contributed by atoms with Crippen molar-refractivity contribution in [1.82, 2.24) is 4.98 Å². The van der Waals surface area contributed by atoms with Crippen molar-refractivity contribution in [3.8, 4) is 22.5 Å². The van der Waals surface area contributed by atoms with Gasteiger partial charge in [0.25, 0.3) is 0 Å². The zero-order valence-corrected chi connectivity index (χ0v) is 13.2. The van der Waals surface area contributed by atoms with Crippen LogP contribution in [0.15, 0.2) is 48.7 Å². The molecule has 1 heterocycles. The molecule has 2 heteroatoms. The van der Waals surface area contributed by atoms with E-state index in [1.165, 1.54) is 39.2 Å². The molecule has 108 valence electrons. The van der Waals surface area contributed by atoms with Crippen LogP contribution < -0.4 is 4.57 Å². The van der Waals surface area contributed by atoms with E-state index in [0.717, 1.165) is 12.1 Å². The van der Waals surface area contributed by atoms with Crippen LogP contribution in [0.25, 0.3) is 22.5 Å². The number of nitrogens with zero attached hydrogens (tertiary/aromatic N) is 2. The third-order valence-corrected chi connectivity index (χ3v) is 4.73. The van der Waals surface area contributed by atoms with E-state index >= 15 is 0 Å². The molecule has 1 aromatic heterocycles. The van der Waals surface area contributed by atoms with Crippen molar-refractivity contribution in [2.24, 2.45) is 7.05 Å². The molecule has 0 N–H and O–H groups in total. The Morgan fingerprint density at radius 2 is 1.73 bits per heavy atom. The second-order valence-electron chi connectivity index (χ2n) is 6.10. The predicted molar refractivity (Wildman–Crippen MR) is 88.6 cm³/mol. The Balaban J connectivity index is 1.94. The van der Waals surface area contributed by atoms with Crippen molar-refractivity contribution in [3.63, 3.8) is 0 Å². The molecule has 0 saturated heterocycles. The van der Waals surface area contributed by atoms with Crippen LogP contribution in [-0.4, -0.2) is 4.98 Å². The van der Waals surface area contributed by atoms with Gasteiger partial charge in [-0.2, -0.15) is 4.57 Å². The van der Waals surface area contributed by atoms with E-state index in [2.05, 4.69) is 67.9 Å². The SMILES string of the molecule is Cc1ccccc1-c1cnc2c([n+]1C)Cc1cccc(C)c1-2. The first-order valence-corrected chi connectivity index (χ1v) is 7.69. The van der Waals surface area contributed by atoms with Crippen LogP contribution >= 0.6 is 0 Å². The van der Waals surface area contributed by atoms with E-state index in [1.54, 1.807) is 0 Å². The minimum Gasteiger partial charge on any atom is -0.243 e. The highest BCUT2D eigenvalue weighted by Crippen LogP contribution is 2.36. The van der Waals surface area contributed by atoms with Crippen LogP contribution in [0.2, 0.25) is 0 Å². The molecule has 3 aromatic rings. The largest absolute Gasteiger partial charge is 0.243 e. The van der Waals surface area contributed by atoms with Crippen LogP contribution in [0, 0.1) is 13.8 Å². The number of hydrogen-bond donors (Lipinski definition) is 0. The minimum atomic E-state index is 0.968. The van der Waals surface area contributed by atoms with Gasteiger partial charge in [-0.15, -0.1) is 0 Å². The van der Waals surface area contributed by atoms with Crippen LogP contribution in [0.1, 0.15) is 22.4 Å².